The number of ether oxygens (including phenoxy) is 3. The molecule has 2 amide bonds. The molecule has 1 saturated heterocycles. The summed E-state index contributed by atoms with van der Waals surface area (Å²) < 4.78 is 16.2. The zero-order chi connectivity index (χ0) is 24.0. The Bertz CT molecular complexity index is 933. The number of rotatable bonds is 10. The Hall–Kier alpha value is -3.22. The monoisotopic (exact) mass is 454 g/mol. The molecule has 1 fully saturated rings. The fourth-order valence-corrected chi connectivity index (χ4v) is 4.52. The predicted molar refractivity (Wildman–Crippen MR) is 128 cm³/mol. The van der Waals surface area contributed by atoms with Gasteiger partial charge in [-0.2, -0.15) is 0 Å². The van der Waals surface area contributed by atoms with Gasteiger partial charge in [0.25, 0.3) is 0 Å². The van der Waals surface area contributed by atoms with Gasteiger partial charge >= 0.3 is 0 Å². The summed E-state index contributed by atoms with van der Waals surface area (Å²) >= 11 is 0. The molecule has 7 heteroatoms. The average molecular weight is 455 g/mol. The second-order valence-electron chi connectivity index (χ2n) is 8.26. The van der Waals surface area contributed by atoms with Crippen molar-refractivity contribution in [2.75, 3.05) is 32.8 Å². The van der Waals surface area contributed by atoms with Crippen molar-refractivity contribution in [1.82, 2.24) is 5.32 Å². The minimum Gasteiger partial charge on any atom is -0.493 e. The Morgan fingerprint density at radius 2 is 1.64 bits per heavy atom. The molecule has 0 radical (unpaired) electrons. The highest BCUT2D eigenvalue weighted by Crippen LogP contribution is 2.42. The lowest BCUT2D eigenvalue weighted by molar-refractivity contribution is -0.127. The topological polar surface area (TPSA) is 77.1 Å². The van der Waals surface area contributed by atoms with E-state index < -0.39 is 5.92 Å². The lowest BCUT2D eigenvalue weighted by Gasteiger charge is -2.28. The number of methoxy groups -OCH3 is 3. The third-order valence-electron chi connectivity index (χ3n) is 6.43. The molecule has 0 aromatic heterocycles. The number of carbonyl (C=O) groups is 2. The van der Waals surface area contributed by atoms with Crippen molar-refractivity contribution in [1.29, 1.82) is 0 Å². The van der Waals surface area contributed by atoms with E-state index in [0.29, 0.717) is 35.4 Å². The number of hydrogen-bond acceptors (Lipinski definition) is 5. The fraction of sp³-hybridized carbons (Fsp3) is 0.462. The Labute approximate surface area is 196 Å². The molecule has 2 aromatic rings. The van der Waals surface area contributed by atoms with Crippen LogP contribution in [-0.4, -0.2) is 39.7 Å². The van der Waals surface area contributed by atoms with E-state index in [1.807, 2.05) is 30.3 Å². The molecule has 0 aliphatic carbocycles. The van der Waals surface area contributed by atoms with Gasteiger partial charge in [-0.3, -0.25) is 9.59 Å². The summed E-state index contributed by atoms with van der Waals surface area (Å²) in [5, 5.41) is 3.25. The molecule has 2 unspecified atom stereocenters. The van der Waals surface area contributed by atoms with Crippen LogP contribution >= 0.6 is 0 Å². The Balaban J connectivity index is 1.81. The Kier molecular flexibility index (Phi) is 8.20. The summed E-state index contributed by atoms with van der Waals surface area (Å²) in [6.07, 6.45) is 2.07. The molecule has 1 N–H and O–H groups in total. The molecular formula is C26H34N2O5. The molecule has 3 rings (SSSR count). The van der Waals surface area contributed by atoms with Gasteiger partial charge in [0.1, 0.15) is 0 Å². The molecule has 0 spiro atoms. The van der Waals surface area contributed by atoms with Crippen LogP contribution in [-0.2, 0) is 9.59 Å². The first-order valence-corrected chi connectivity index (χ1v) is 11.4. The van der Waals surface area contributed by atoms with Gasteiger partial charge < -0.3 is 24.4 Å². The SMILES string of the molecule is CCC(CC)C(NC(=O)C1CC(=O)N(c2cc(OC)c(OC)c(OC)c2)C1)c1ccccc1. The van der Waals surface area contributed by atoms with E-state index in [9.17, 15) is 9.59 Å². The van der Waals surface area contributed by atoms with Crippen molar-refractivity contribution in [3.63, 3.8) is 0 Å². The minimum absolute atomic E-state index is 0.0842. The molecule has 0 bridgehead atoms. The normalized spacial score (nSPS) is 16.6. The maximum absolute atomic E-state index is 13.3. The van der Waals surface area contributed by atoms with Crippen LogP contribution in [0.4, 0.5) is 5.69 Å². The zero-order valence-corrected chi connectivity index (χ0v) is 20.1. The highest BCUT2D eigenvalue weighted by atomic mass is 16.5. The third-order valence-corrected chi connectivity index (χ3v) is 6.43. The van der Waals surface area contributed by atoms with Crippen molar-refractivity contribution < 1.29 is 23.8 Å². The van der Waals surface area contributed by atoms with Crippen molar-refractivity contribution in [2.24, 2.45) is 11.8 Å². The van der Waals surface area contributed by atoms with E-state index in [1.165, 1.54) is 21.3 Å². The van der Waals surface area contributed by atoms with E-state index in [4.69, 9.17) is 14.2 Å². The maximum atomic E-state index is 13.3. The summed E-state index contributed by atoms with van der Waals surface area (Å²) in [7, 11) is 4.60. The Morgan fingerprint density at radius 3 is 2.15 bits per heavy atom. The molecule has 7 nitrogen and oxygen atoms in total. The van der Waals surface area contributed by atoms with Crippen LogP contribution in [0, 0.1) is 11.8 Å². The number of hydrogen-bond donors (Lipinski definition) is 1. The van der Waals surface area contributed by atoms with Crippen LogP contribution in [0.3, 0.4) is 0 Å². The van der Waals surface area contributed by atoms with Crippen molar-refractivity contribution in [2.45, 2.75) is 39.2 Å². The number of anilines is 1. The molecule has 0 saturated carbocycles. The first kappa shape index (κ1) is 24.4. The Morgan fingerprint density at radius 1 is 1.03 bits per heavy atom. The van der Waals surface area contributed by atoms with Crippen LogP contribution in [0.1, 0.15) is 44.7 Å². The summed E-state index contributed by atoms with van der Waals surface area (Å²) in [5.74, 6) is 1.07. The highest BCUT2D eigenvalue weighted by Gasteiger charge is 2.37. The van der Waals surface area contributed by atoms with E-state index in [0.717, 1.165) is 18.4 Å². The fourth-order valence-electron chi connectivity index (χ4n) is 4.52. The molecule has 33 heavy (non-hydrogen) atoms. The number of nitrogens with one attached hydrogen (secondary N) is 1. The number of carbonyl (C=O) groups excluding carboxylic acids is 2. The van der Waals surface area contributed by atoms with E-state index in [2.05, 4.69) is 19.2 Å². The van der Waals surface area contributed by atoms with Crippen LogP contribution in [0.25, 0.3) is 0 Å². The molecular weight excluding hydrogens is 420 g/mol. The van der Waals surface area contributed by atoms with Crippen LogP contribution in [0.5, 0.6) is 17.2 Å². The molecule has 2 aromatic carbocycles. The van der Waals surface area contributed by atoms with Crippen molar-refractivity contribution >= 4 is 17.5 Å². The third kappa shape index (κ3) is 5.24. The summed E-state index contributed by atoms with van der Waals surface area (Å²) in [5.41, 5.74) is 1.70. The number of nitrogens with zero attached hydrogens (tertiary/aromatic N) is 1. The zero-order valence-electron chi connectivity index (χ0n) is 20.1. The maximum Gasteiger partial charge on any atom is 0.227 e. The lowest BCUT2D eigenvalue weighted by atomic mass is 9.88. The second kappa shape index (κ2) is 11.1. The van der Waals surface area contributed by atoms with Gasteiger partial charge in [-0.05, 0) is 11.5 Å². The summed E-state index contributed by atoms with van der Waals surface area (Å²) in [6, 6.07) is 13.4. The van der Waals surface area contributed by atoms with Gasteiger partial charge in [0, 0.05) is 25.1 Å². The molecule has 1 heterocycles. The van der Waals surface area contributed by atoms with Gasteiger partial charge in [0.05, 0.1) is 39.0 Å². The van der Waals surface area contributed by atoms with E-state index in [-0.39, 0.29) is 24.3 Å². The molecule has 178 valence electrons. The van der Waals surface area contributed by atoms with Gasteiger partial charge in [-0.25, -0.2) is 0 Å². The average Bonchev–Trinajstić information content (AvgIpc) is 3.25. The quantitative estimate of drug-likeness (QED) is 0.577. The highest BCUT2D eigenvalue weighted by molar-refractivity contribution is 6.00. The summed E-state index contributed by atoms with van der Waals surface area (Å²) in [4.78, 5) is 27.8. The lowest BCUT2D eigenvalue weighted by Crippen LogP contribution is -2.38. The van der Waals surface area contributed by atoms with Gasteiger partial charge in [0.15, 0.2) is 11.5 Å². The molecule has 1 aliphatic rings. The van der Waals surface area contributed by atoms with Crippen molar-refractivity contribution in [3.8, 4) is 17.2 Å². The van der Waals surface area contributed by atoms with Crippen LogP contribution in [0.2, 0.25) is 0 Å². The molecule has 1 aliphatic heterocycles. The first-order chi connectivity index (χ1) is 16.0. The predicted octanol–water partition coefficient (Wildman–Crippen LogP) is 4.36. The first-order valence-electron chi connectivity index (χ1n) is 11.4. The van der Waals surface area contributed by atoms with E-state index in [1.54, 1.807) is 17.0 Å². The van der Waals surface area contributed by atoms with Crippen molar-refractivity contribution in [3.05, 3.63) is 48.0 Å². The second-order valence-corrected chi connectivity index (χ2v) is 8.26. The standard InChI is InChI=1S/C26H34N2O5/c1-6-17(7-2)24(18-11-9-8-10-12-18)27-26(30)19-13-23(29)28(16-19)20-14-21(31-3)25(33-5)22(15-20)32-4/h8-12,14-15,17,19,24H,6-7,13,16H2,1-5H3,(H,27,30). The van der Waals surface area contributed by atoms with E-state index >= 15 is 0 Å². The van der Waals surface area contributed by atoms with Crippen LogP contribution in [0.15, 0.2) is 42.5 Å². The molecule has 2 atom stereocenters. The number of amides is 2. The number of benzene rings is 2. The van der Waals surface area contributed by atoms with Gasteiger partial charge in [0.2, 0.25) is 17.6 Å². The smallest absolute Gasteiger partial charge is 0.227 e. The van der Waals surface area contributed by atoms with Gasteiger partial charge in [-0.15, -0.1) is 0 Å². The summed E-state index contributed by atoms with van der Waals surface area (Å²) in [6.45, 7) is 4.58. The van der Waals surface area contributed by atoms with Gasteiger partial charge in [-0.1, -0.05) is 57.0 Å². The van der Waals surface area contributed by atoms with Crippen LogP contribution < -0.4 is 24.4 Å². The minimum atomic E-state index is -0.433. The largest absolute Gasteiger partial charge is 0.493 e.